The third-order valence-corrected chi connectivity index (χ3v) is 4.51. The van der Waals surface area contributed by atoms with Crippen molar-refractivity contribution in [1.29, 1.82) is 0 Å². The van der Waals surface area contributed by atoms with Crippen molar-refractivity contribution in [2.24, 2.45) is 10.2 Å². The molecule has 1 aromatic rings. The topological polar surface area (TPSA) is 88.0 Å². The highest BCUT2D eigenvalue weighted by molar-refractivity contribution is 7.89. The Hall–Kier alpha value is -1.60. The van der Waals surface area contributed by atoms with E-state index in [9.17, 15) is 13.2 Å². The van der Waals surface area contributed by atoms with Gasteiger partial charge >= 0.3 is 0 Å². The molecule has 108 valence electrons. The van der Waals surface area contributed by atoms with E-state index >= 15 is 0 Å². The summed E-state index contributed by atoms with van der Waals surface area (Å²) in [5, 5.41) is 7.56. The van der Waals surface area contributed by atoms with Crippen molar-refractivity contribution in [1.82, 2.24) is 4.72 Å². The molecule has 0 bridgehead atoms. The lowest BCUT2D eigenvalue weighted by molar-refractivity contribution is 0.101. The molecule has 0 saturated carbocycles. The molecule has 0 unspecified atom stereocenters. The van der Waals surface area contributed by atoms with Crippen LogP contribution in [0.15, 0.2) is 39.4 Å². The molecule has 0 fully saturated rings. The first-order valence-electron chi connectivity index (χ1n) is 6.50. The quantitative estimate of drug-likeness (QED) is 0.588. The lowest BCUT2D eigenvalue weighted by Crippen LogP contribution is -2.24. The molecular formula is C13H17N3O3S. The van der Waals surface area contributed by atoms with E-state index in [2.05, 4.69) is 15.0 Å². The Morgan fingerprint density at radius 3 is 2.40 bits per heavy atom. The predicted molar refractivity (Wildman–Crippen MR) is 74.1 cm³/mol. The smallest absolute Gasteiger partial charge is 0.240 e. The Balaban J connectivity index is 1.83. The SMILES string of the molecule is CC(=O)c1ccc(S(=O)(=O)NCCCCC2N=N2)cc1. The van der Waals surface area contributed by atoms with Gasteiger partial charge in [-0.25, -0.2) is 13.1 Å². The molecule has 0 radical (unpaired) electrons. The minimum atomic E-state index is -3.50. The highest BCUT2D eigenvalue weighted by Crippen LogP contribution is 2.17. The third kappa shape index (κ3) is 4.21. The standard InChI is InChI=1S/C13H17N3O3S/c1-10(17)11-5-7-12(8-6-11)20(18,19)14-9-3-2-4-13-15-16-13/h5-8,13-14H,2-4,9H2,1H3. The summed E-state index contributed by atoms with van der Waals surface area (Å²) in [4.78, 5) is 11.3. The molecule has 0 saturated heterocycles. The molecule has 1 aliphatic heterocycles. The van der Waals surface area contributed by atoms with Gasteiger partial charge in [-0.2, -0.15) is 10.2 Å². The number of rotatable bonds is 8. The molecule has 1 aromatic carbocycles. The summed E-state index contributed by atoms with van der Waals surface area (Å²) in [5.74, 6) is -0.0854. The van der Waals surface area contributed by atoms with Crippen LogP contribution in [-0.4, -0.2) is 26.9 Å². The monoisotopic (exact) mass is 295 g/mol. The first-order chi connectivity index (χ1) is 9.49. The van der Waals surface area contributed by atoms with Crippen LogP contribution in [0.25, 0.3) is 0 Å². The minimum Gasteiger partial charge on any atom is -0.295 e. The Labute approximate surface area is 118 Å². The maximum absolute atomic E-state index is 12.0. The molecule has 7 heteroatoms. The van der Waals surface area contributed by atoms with Crippen LogP contribution in [0.3, 0.4) is 0 Å². The van der Waals surface area contributed by atoms with Crippen molar-refractivity contribution in [2.45, 2.75) is 37.2 Å². The van der Waals surface area contributed by atoms with E-state index in [0.717, 1.165) is 19.3 Å². The average molecular weight is 295 g/mol. The van der Waals surface area contributed by atoms with Crippen LogP contribution < -0.4 is 4.72 Å². The summed E-state index contributed by atoms with van der Waals surface area (Å²) in [5.41, 5.74) is 0.501. The van der Waals surface area contributed by atoms with Crippen LogP contribution in [0, 0.1) is 0 Å². The van der Waals surface area contributed by atoms with Gasteiger partial charge in [0.05, 0.1) is 4.90 Å². The first kappa shape index (κ1) is 14.8. The number of carbonyl (C=O) groups excluding carboxylic acids is 1. The summed E-state index contributed by atoms with van der Waals surface area (Å²) < 4.78 is 26.5. The van der Waals surface area contributed by atoms with E-state index in [-0.39, 0.29) is 16.8 Å². The largest absolute Gasteiger partial charge is 0.295 e. The second-order valence-corrected chi connectivity index (χ2v) is 6.45. The second-order valence-electron chi connectivity index (χ2n) is 4.69. The fraction of sp³-hybridized carbons (Fsp3) is 0.462. The number of carbonyl (C=O) groups is 1. The summed E-state index contributed by atoms with van der Waals surface area (Å²) in [7, 11) is -3.50. The van der Waals surface area contributed by atoms with Gasteiger partial charge in [-0.05, 0) is 38.3 Å². The summed E-state index contributed by atoms with van der Waals surface area (Å²) in [6.07, 6.45) is 2.68. The van der Waals surface area contributed by atoms with Gasteiger partial charge in [-0.15, -0.1) is 0 Å². The molecule has 1 aliphatic rings. The minimum absolute atomic E-state index is 0.0854. The normalized spacial score (nSPS) is 14.4. The summed E-state index contributed by atoms with van der Waals surface area (Å²) in [6, 6.07) is 5.93. The molecule has 0 atom stereocenters. The number of nitrogens with zero attached hydrogens (tertiary/aromatic N) is 2. The van der Waals surface area contributed by atoms with E-state index in [1.165, 1.54) is 31.2 Å². The zero-order valence-electron chi connectivity index (χ0n) is 11.2. The number of Topliss-reactive ketones (excluding diaryl/α,β-unsaturated/α-hetero) is 1. The first-order valence-corrected chi connectivity index (χ1v) is 7.98. The zero-order valence-corrected chi connectivity index (χ0v) is 12.1. The van der Waals surface area contributed by atoms with Crippen molar-refractivity contribution in [3.63, 3.8) is 0 Å². The lowest BCUT2D eigenvalue weighted by Gasteiger charge is -2.06. The molecule has 2 rings (SSSR count). The van der Waals surface area contributed by atoms with Gasteiger partial charge < -0.3 is 0 Å². The maximum atomic E-state index is 12.0. The van der Waals surface area contributed by atoms with Gasteiger partial charge in [0.25, 0.3) is 0 Å². The van der Waals surface area contributed by atoms with Crippen LogP contribution in [0.4, 0.5) is 0 Å². The van der Waals surface area contributed by atoms with Crippen molar-refractivity contribution < 1.29 is 13.2 Å². The number of nitrogens with one attached hydrogen (secondary N) is 1. The van der Waals surface area contributed by atoms with Gasteiger partial charge in [-0.3, -0.25) is 4.79 Å². The Morgan fingerprint density at radius 1 is 1.20 bits per heavy atom. The van der Waals surface area contributed by atoms with Crippen molar-refractivity contribution in [2.75, 3.05) is 6.54 Å². The number of benzene rings is 1. The number of sulfonamides is 1. The van der Waals surface area contributed by atoms with Gasteiger partial charge in [0.2, 0.25) is 10.0 Å². The fourth-order valence-corrected chi connectivity index (χ4v) is 2.85. The van der Waals surface area contributed by atoms with Gasteiger partial charge in [0.15, 0.2) is 11.9 Å². The van der Waals surface area contributed by atoms with Crippen molar-refractivity contribution >= 4 is 15.8 Å². The Morgan fingerprint density at radius 2 is 1.85 bits per heavy atom. The van der Waals surface area contributed by atoms with Crippen molar-refractivity contribution in [3.05, 3.63) is 29.8 Å². The molecule has 1 N–H and O–H groups in total. The molecule has 0 aliphatic carbocycles. The second kappa shape index (κ2) is 6.23. The van der Waals surface area contributed by atoms with Gasteiger partial charge in [-0.1, -0.05) is 12.1 Å². The number of hydrogen-bond donors (Lipinski definition) is 1. The van der Waals surface area contributed by atoms with Crippen LogP contribution >= 0.6 is 0 Å². The maximum Gasteiger partial charge on any atom is 0.240 e. The van der Waals surface area contributed by atoms with Crippen LogP contribution in [0.2, 0.25) is 0 Å². The van der Waals surface area contributed by atoms with Gasteiger partial charge in [0.1, 0.15) is 0 Å². The molecule has 0 spiro atoms. The molecule has 6 nitrogen and oxygen atoms in total. The zero-order chi connectivity index (χ0) is 14.6. The van der Waals surface area contributed by atoms with Crippen LogP contribution in [-0.2, 0) is 10.0 Å². The third-order valence-electron chi connectivity index (χ3n) is 3.03. The lowest BCUT2D eigenvalue weighted by atomic mass is 10.2. The van der Waals surface area contributed by atoms with E-state index in [0.29, 0.717) is 12.1 Å². The van der Waals surface area contributed by atoms with Gasteiger partial charge in [0, 0.05) is 12.1 Å². The molecule has 0 aromatic heterocycles. The summed E-state index contributed by atoms with van der Waals surface area (Å²) in [6.45, 7) is 1.84. The summed E-state index contributed by atoms with van der Waals surface area (Å²) >= 11 is 0. The van der Waals surface area contributed by atoms with E-state index < -0.39 is 10.0 Å². The highest BCUT2D eigenvalue weighted by Gasteiger charge is 2.16. The number of unbranched alkanes of at least 4 members (excludes halogenated alkanes) is 1. The van der Waals surface area contributed by atoms with E-state index in [4.69, 9.17) is 0 Å². The fourth-order valence-electron chi connectivity index (χ4n) is 1.77. The average Bonchev–Trinajstić information content (AvgIpc) is 3.22. The number of ketones is 1. The van der Waals surface area contributed by atoms with Crippen LogP contribution in [0.5, 0.6) is 0 Å². The van der Waals surface area contributed by atoms with E-state index in [1.807, 2.05) is 0 Å². The molecule has 20 heavy (non-hydrogen) atoms. The molecular weight excluding hydrogens is 278 g/mol. The molecule has 0 amide bonds. The van der Waals surface area contributed by atoms with Crippen molar-refractivity contribution in [3.8, 4) is 0 Å². The predicted octanol–water partition coefficient (Wildman–Crippen LogP) is 2.13. The van der Waals surface area contributed by atoms with E-state index in [1.54, 1.807) is 0 Å². The van der Waals surface area contributed by atoms with Crippen LogP contribution in [0.1, 0.15) is 36.5 Å². The highest BCUT2D eigenvalue weighted by atomic mass is 32.2. The Bertz CT molecular complexity index is 602. The Kier molecular flexibility index (Phi) is 4.61. The molecule has 1 heterocycles. The number of hydrogen-bond acceptors (Lipinski definition) is 5.